The second-order valence-electron chi connectivity index (χ2n) is 5.29. The molecular weight excluding hydrogens is 198 g/mol. The van der Waals surface area contributed by atoms with E-state index >= 15 is 0 Å². The van der Waals surface area contributed by atoms with Crippen molar-refractivity contribution < 1.29 is 5.11 Å². The molecule has 3 atom stereocenters. The Bertz CT molecular complexity index is 168. The van der Waals surface area contributed by atoms with E-state index in [2.05, 4.69) is 33.0 Å². The molecule has 0 aromatic rings. The van der Waals surface area contributed by atoms with Crippen LogP contribution in [0.5, 0.6) is 0 Å². The van der Waals surface area contributed by atoms with Gasteiger partial charge >= 0.3 is 0 Å². The van der Waals surface area contributed by atoms with E-state index in [0.717, 1.165) is 12.8 Å². The molecule has 0 heterocycles. The topological polar surface area (TPSA) is 32.3 Å². The number of hydrogen-bond donors (Lipinski definition) is 2. The maximum Gasteiger partial charge on any atom is 0.0768 e. The lowest BCUT2D eigenvalue weighted by Gasteiger charge is -2.32. The summed E-state index contributed by atoms with van der Waals surface area (Å²) in [5.41, 5.74) is -0.575. The molecule has 0 rings (SSSR count). The third kappa shape index (κ3) is 5.86. The lowest BCUT2D eigenvalue weighted by atomic mass is 9.88. The van der Waals surface area contributed by atoms with Crippen molar-refractivity contribution >= 4 is 0 Å². The predicted octanol–water partition coefficient (Wildman–Crippen LogP) is 3.34. The van der Waals surface area contributed by atoms with E-state index in [1.807, 2.05) is 6.92 Å². The number of unbranched alkanes of at least 4 members (excludes halogenated alkanes) is 1. The highest BCUT2D eigenvalue weighted by Crippen LogP contribution is 2.19. The Morgan fingerprint density at radius 3 is 2.25 bits per heavy atom. The van der Waals surface area contributed by atoms with Crippen molar-refractivity contribution in [3.8, 4) is 0 Å². The molecule has 0 aliphatic rings. The average molecular weight is 229 g/mol. The van der Waals surface area contributed by atoms with E-state index in [0.29, 0.717) is 18.5 Å². The molecule has 0 amide bonds. The molecule has 0 aromatic heterocycles. The van der Waals surface area contributed by atoms with Crippen LogP contribution in [0.2, 0.25) is 0 Å². The van der Waals surface area contributed by atoms with E-state index in [4.69, 9.17) is 0 Å². The van der Waals surface area contributed by atoms with Crippen LogP contribution >= 0.6 is 0 Å². The van der Waals surface area contributed by atoms with Crippen LogP contribution < -0.4 is 5.32 Å². The molecule has 2 nitrogen and oxygen atoms in total. The summed E-state index contributed by atoms with van der Waals surface area (Å²) in [6.07, 6.45) is 5.93. The van der Waals surface area contributed by atoms with E-state index in [9.17, 15) is 5.11 Å². The van der Waals surface area contributed by atoms with Crippen molar-refractivity contribution in [3.05, 3.63) is 0 Å². The second-order valence-corrected chi connectivity index (χ2v) is 5.29. The summed E-state index contributed by atoms with van der Waals surface area (Å²) in [5, 5.41) is 13.8. The number of nitrogens with one attached hydrogen (secondary N) is 1. The first-order valence-electron chi connectivity index (χ1n) is 6.93. The Morgan fingerprint density at radius 2 is 1.81 bits per heavy atom. The Morgan fingerprint density at radius 1 is 1.19 bits per heavy atom. The van der Waals surface area contributed by atoms with Crippen molar-refractivity contribution in [1.29, 1.82) is 0 Å². The first-order chi connectivity index (χ1) is 7.47. The average Bonchev–Trinajstić information content (AvgIpc) is 2.28. The van der Waals surface area contributed by atoms with Crippen LogP contribution in [0, 0.1) is 5.92 Å². The second kappa shape index (κ2) is 8.08. The van der Waals surface area contributed by atoms with Gasteiger partial charge in [0.2, 0.25) is 0 Å². The molecular formula is C14H31NO. The smallest absolute Gasteiger partial charge is 0.0768 e. The molecule has 0 aliphatic heterocycles. The fraction of sp³-hybridized carbons (Fsp3) is 1.00. The van der Waals surface area contributed by atoms with Crippen LogP contribution in [-0.2, 0) is 0 Å². The normalized spacial score (nSPS) is 19.1. The number of aliphatic hydroxyl groups is 1. The SMILES string of the molecule is CCCCC(CC)NCC(C)(O)C(C)CC. The van der Waals surface area contributed by atoms with Crippen LogP contribution in [0.25, 0.3) is 0 Å². The van der Waals surface area contributed by atoms with Gasteiger partial charge in [-0.1, -0.05) is 47.0 Å². The predicted molar refractivity (Wildman–Crippen MR) is 71.7 cm³/mol. The summed E-state index contributed by atoms with van der Waals surface area (Å²) in [7, 11) is 0. The molecule has 0 radical (unpaired) electrons. The molecule has 2 N–H and O–H groups in total. The largest absolute Gasteiger partial charge is 0.389 e. The van der Waals surface area contributed by atoms with Crippen LogP contribution in [0.3, 0.4) is 0 Å². The molecule has 0 bridgehead atoms. The minimum absolute atomic E-state index is 0.351. The zero-order valence-corrected chi connectivity index (χ0v) is 11.8. The summed E-state index contributed by atoms with van der Waals surface area (Å²) in [4.78, 5) is 0. The molecule has 98 valence electrons. The summed E-state index contributed by atoms with van der Waals surface area (Å²) >= 11 is 0. The molecule has 2 heteroatoms. The highest BCUT2D eigenvalue weighted by Gasteiger charge is 2.27. The van der Waals surface area contributed by atoms with Gasteiger partial charge < -0.3 is 10.4 Å². The summed E-state index contributed by atoms with van der Waals surface area (Å²) in [5.74, 6) is 0.351. The van der Waals surface area contributed by atoms with E-state index in [1.54, 1.807) is 0 Å². The maximum absolute atomic E-state index is 10.3. The molecule has 0 aromatic carbocycles. The van der Waals surface area contributed by atoms with E-state index in [-0.39, 0.29) is 0 Å². The monoisotopic (exact) mass is 229 g/mol. The third-order valence-corrected chi connectivity index (χ3v) is 3.82. The zero-order valence-electron chi connectivity index (χ0n) is 11.8. The van der Waals surface area contributed by atoms with Crippen LogP contribution in [0.1, 0.15) is 66.7 Å². The lowest BCUT2D eigenvalue weighted by molar-refractivity contribution is 0.00292. The zero-order chi connectivity index (χ0) is 12.6. The molecule has 0 saturated carbocycles. The summed E-state index contributed by atoms with van der Waals surface area (Å²) in [6, 6.07) is 0.565. The van der Waals surface area contributed by atoms with Crippen molar-refractivity contribution in [1.82, 2.24) is 5.32 Å². The first kappa shape index (κ1) is 15.9. The summed E-state index contributed by atoms with van der Waals surface area (Å²) < 4.78 is 0. The van der Waals surface area contributed by atoms with Crippen LogP contribution in [0.4, 0.5) is 0 Å². The Balaban J connectivity index is 3.99. The quantitative estimate of drug-likeness (QED) is 0.635. The van der Waals surface area contributed by atoms with Crippen molar-refractivity contribution in [3.63, 3.8) is 0 Å². The van der Waals surface area contributed by atoms with Gasteiger partial charge in [0.15, 0.2) is 0 Å². The first-order valence-corrected chi connectivity index (χ1v) is 6.93. The van der Waals surface area contributed by atoms with Gasteiger partial charge in [0, 0.05) is 12.6 Å². The highest BCUT2D eigenvalue weighted by atomic mass is 16.3. The fourth-order valence-corrected chi connectivity index (χ4v) is 1.87. The van der Waals surface area contributed by atoms with Crippen LogP contribution in [0.15, 0.2) is 0 Å². The van der Waals surface area contributed by atoms with Gasteiger partial charge in [-0.25, -0.2) is 0 Å². The molecule has 0 fully saturated rings. The van der Waals surface area contributed by atoms with E-state index < -0.39 is 5.60 Å². The molecule has 3 unspecified atom stereocenters. The lowest BCUT2D eigenvalue weighted by Crippen LogP contribution is -2.46. The van der Waals surface area contributed by atoms with Gasteiger partial charge in [-0.2, -0.15) is 0 Å². The molecule has 0 spiro atoms. The fourth-order valence-electron chi connectivity index (χ4n) is 1.87. The van der Waals surface area contributed by atoms with Gasteiger partial charge in [-0.15, -0.1) is 0 Å². The number of hydrogen-bond acceptors (Lipinski definition) is 2. The molecule has 16 heavy (non-hydrogen) atoms. The van der Waals surface area contributed by atoms with Gasteiger partial charge in [0.1, 0.15) is 0 Å². The van der Waals surface area contributed by atoms with Gasteiger partial charge in [-0.3, -0.25) is 0 Å². The Labute approximate surface area is 102 Å². The Hall–Kier alpha value is -0.0800. The minimum atomic E-state index is -0.575. The third-order valence-electron chi connectivity index (χ3n) is 3.82. The van der Waals surface area contributed by atoms with E-state index in [1.165, 1.54) is 19.3 Å². The van der Waals surface area contributed by atoms with Crippen molar-refractivity contribution in [2.24, 2.45) is 5.92 Å². The van der Waals surface area contributed by atoms with Gasteiger partial charge in [-0.05, 0) is 25.7 Å². The van der Waals surface area contributed by atoms with Gasteiger partial charge in [0.25, 0.3) is 0 Å². The van der Waals surface area contributed by atoms with Crippen molar-refractivity contribution in [2.45, 2.75) is 78.4 Å². The summed E-state index contributed by atoms with van der Waals surface area (Å²) in [6.45, 7) is 11.3. The van der Waals surface area contributed by atoms with Gasteiger partial charge in [0.05, 0.1) is 5.60 Å². The standard InChI is InChI=1S/C14H31NO/c1-6-9-10-13(8-3)15-11-14(5,16)12(4)7-2/h12-13,15-16H,6-11H2,1-5H3. The minimum Gasteiger partial charge on any atom is -0.389 e. The number of rotatable bonds is 9. The molecule has 0 saturated heterocycles. The maximum atomic E-state index is 10.3. The highest BCUT2D eigenvalue weighted by molar-refractivity contribution is 4.82. The van der Waals surface area contributed by atoms with Crippen LogP contribution in [-0.4, -0.2) is 23.3 Å². The molecule has 0 aliphatic carbocycles. The Kier molecular flexibility index (Phi) is 8.04. The van der Waals surface area contributed by atoms with Crippen molar-refractivity contribution in [2.75, 3.05) is 6.54 Å².